The largest absolute Gasteiger partial charge is 0.455 e. The Morgan fingerprint density at radius 1 is 1.24 bits per heavy atom. The van der Waals surface area contributed by atoms with E-state index in [0.29, 0.717) is 0 Å². The number of aryl methyl sites for hydroxylation is 1. The van der Waals surface area contributed by atoms with Crippen molar-refractivity contribution in [2.45, 2.75) is 104 Å². The highest BCUT2D eigenvalue weighted by Crippen LogP contribution is 2.46. The van der Waals surface area contributed by atoms with Crippen LogP contribution in [0.15, 0.2) is 11.0 Å². The molecule has 8 heteroatoms. The van der Waals surface area contributed by atoms with Gasteiger partial charge in [0.1, 0.15) is 11.9 Å². The summed E-state index contributed by atoms with van der Waals surface area (Å²) >= 11 is 1.55. The van der Waals surface area contributed by atoms with Crippen LogP contribution >= 0.6 is 11.3 Å². The van der Waals surface area contributed by atoms with Gasteiger partial charge in [-0.2, -0.15) is 0 Å². The van der Waals surface area contributed by atoms with E-state index in [1.807, 2.05) is 39.2 Å². The molecule has 7 unspecified atom stereocenters. The van der Waals surface area contributed by atoms with Crippen molar-refractivity contribution in [2.75, 3.05) is 0 Å². The number of cyclic esters (lactones) is 1. The summed E-state index contributed by atoms with van der Waals surface area (Å²) in [6, 6.07) is 0. The van der Waals surface area contributed by atoms with Crippen LogP contribution in [0.25, 0.3) is 6.08 Å². The van der Waals surface area contributed by atoms with Crippen LogP contribution < -0.4 is 0 Å². The number of rotatable bonds is 2. The lowest BCUT2D eigenvalue weighted by molar-refractivity contribution is -0.154. The molecule has 3 heterocycles. The van der Waals surface area contributed by atoms with Crippen molar-refractivity contribution in [1.29, 1.82) is 0 Å². The number of hydrogen-bond donors (Lipinski definition) is 2. The first-order valence-corrected chi connectivity index (χ1v) is 13.0. The van der Waals surface area contributed by atoms with Gasteiger partial charge in [0.25, 0.3) is 0 Å². The Morgan fingerprint density at radius 2 is 1.91 bits per heavy atom. The summed E-state index contributed by atoms with van der Waals surface area (Å²) in [7, 11) is 0. The van der Waals surface area contributed by atoms with Crippen molar-refractivity contribution in [2.24, 2.45) is 17.3 Å². The quantitative estimate of drug-likeness (QED) is 0.472. The fraction of sp³-hybridized carbons (Fsp3) is 0.731. The van der Waals surface area contributed by atoms with E-state index in [-0.39, 0.29) is 24.2 Å². The van der Waals surface area contributed by atoms with Crippen LogP contribution in [0.1, 0.15) is 77.9 Å². The number of ketones is 1. The predicted octanol–water partition coefficient (Wildman–Crippen LogP) is 4.09. The van der Waals surface area contributed by atoms with E-state index in [9.17, 15) is 19.8 Å². The van der Waals surface area contributed by atoms with E-state index < -0.39 is 41.2 Å². The Bertz CT molecular complexity index is 939. The Morgan fingerprint density at radius 3 is 2.53 bits per heavy atom. The van der Waals surface area contributed by atoms with Gasteiger partial charge in [-0.1, -0.05) is 34.1 Å². The van der Waals surface area contributed by atoms with Gasteiger partial charge in [0.2, 0.25) is 0 Å². The second kappa shape index (κ2) is 10.2. The number of fused-ring (bicyclic) bond motifs is 1. The van der Waals surface area contributed by atoms with Crippen LogP contribution in [0.5, 0.6) is 0 Å². The predicted molar refractivity (Wildman–Crippen MR) is 131 cm³/mol. The molecule has 0 amide bonds. The van der Waals surface area contributed by atoms with E-state index in [0.717, 1.165) is 35.5 Å². The van der Waals surface area contributed by atoms with Gasteiger partial charge >= 0.3 is 5.97 Å². The summed E-state index contributed by atoms with van der Waals surface area (Å²) in [5.41, 5.74) is -0.0262. The van der Waals surface area contributed by atoms with E-state index in [1.165, 1.54) is 0 Å². The van der Waals surface area contributed by atoms with Crippen molar-refractivity contribution < 1.29 is 29.3 Å². The van der Waals surface area contributed by atoms with Crippen LogP contribution in [-0.4, -0.2) is 57.0 Å². The van der Waals surface area contributed by atoms with Gasteiger partial charge < -0.3 is 19.7 Å². The third-order valence-corrected chi connectivity index (χ3v) is 8.40. The van der Waals surface area contributed by atoms with Crippen LogP contribution in [0.3, 0.4) is 0 Å². The Balaban J connectivity index is 1.89. The number of carbonyl (C=O) groups is 2. The Kier molecular flexibility index (Phi) is 8.07. The molecule has 7 nitrogen and oxygen atoms in total. The molecule has 2 aliphatic rings. The lowest BCUT2D eigenvalue weighted by Crippen LogP contribution is -2.45. The zero-order valence-electron chi connectivity index (χ0n) is 21.3. The van der Waals surface area contributed by atoms with Gasteiger partial charge in [-0.3, -0.25) is 9.59 Å². The third kappa shape index (κ3) is 5.78. The van der Waals surface area contributed by atoms with E-state index in [1.54, 1.807) is 32.1 Å². The molecular formula is C26H39NO6S. The molecule has 2 N–H and O–H groups in total. The van der Waals surface area contributed by atoms with Gasteiger partial charge in [0, 0.05) is 11.3 Å². The minimum Gasteiger partial charge on any atom is -0.455 e. The number of carbonyl (C=O) groups excluding carboxylic acids is 2. The molecule has 7 atom stereocenters. The zero-order valence-corrected chi connectivity index (χ0v) is 22.1. The maximum atomic E-state index is 13.2. The number of Topliss-reactive ketones (excluding diaryl/α,β-unsaturated/α-hetero) is 1. The fourth-order valence-corrected chi connectivity index (χ4v) is 5.51. The van der Waals surface area contributed by atoms with Crippen LogP contribution in [0.2, 0.25) is 0 Å². The summed E-state index contributed by atoms with van der Waals surface area (Å²) in [5, 5.41) is 24.6. The minimum absolute atomic E-state index is 0.0824. The smallest absolute Gasteiger partial charge is 0.309 e. The number of nitrogens with zero attached hydrogens (tertiary/aromatic N) is 1. The lowest BCUT2D eigenvalue weighted by Gasteiger charge is -2.34. The molecule has 2 saturated heterocycles. The number of aliphatic hydroxyl groups is 2. The molecule has 2 fully saturated rings. The van der Waals surface area contributed by atoms with Crippen molar-refractivity contribution >= 4 is 29.2 Å². The SMILES string of the molecule is CC(=Cc1csc(C)n1)C1OC(=O)CC(O)C(C)(C)C(=O)C(C)C(O)C(C)CCCC2(C)OC12. The maximum absolute atomic E-state index is 13.2. The monoisotopic (exact) mass is 493 g/mol. The summed E-state index contributed by atoms with van der Waals surface area (Å²) in [6.07, 6.45) is 0.919. The van der Waals surface area contributed by atoms with Crippen LogP contribution in [-0.2, 0) is 19.1 Å². The number of aromatic nitrogens is 1. The number of aliphatic hydroxyl groups excluding tert-OH is 2. The molecule has 2 aliphatic heterocycles. The third-order valence-electron chi connectivity index (χ3n) is 7.60. The van der Waals surface area contributed by atoms with Crippen molar-refractivity contribution in [3.63, 3.8) is 0 Å². The molecule has 34 heavy (non-hydrogen) atoms. The lowest BCUT2D eigenvalue weighted by atomic mass is 9.73. The average molecular weight is 494 g/mol. The first-order chi connectivity index (χ1) is 15.8. The Labute approximate surface area is 206 Å². The molecule has 190 valence electrons. The van der Waals surface area contributed by atoms with Crippen molar-refractivity contribution in [3.8, 4) is 0 Å². The average Bonchev–Trinajstić information content (AvgIpc) is 3.25. The highest BCUT2D eigenvalue weighted by Gasteiger charge is 2.57. The summed E-state index contributed by atoms with van der Waals surface area (Å²) < 4.78 is 12.0. The highest BCUT2D eigenvalue weighted by atomic mass is 32.1. The van der Waals surface area contributed by atoms with Crippen LogP contribution in [0, 0.1) is 24.2 Å². The Hall–Kier alpha value is -1.61. The number of hydrogen-bond acceptors (Lipinski definition) is 8. The van der Waals surface area contributed by atoms with Crippen molar-refractivity contribution in [1.82, 2.24) is 4.98 Å². The topological polar surface area (TPSA) is 109 Å². The van der Waals surface area contributed by atoms with Gasteiger partial charge in [-0.05, 0) is 51.2 Å². The first-order valence-electron chi connectivity index (χ1n) is 12.1. The number of esters is 1. The second-order valence-electron chi connectivity index (χ2n) is 10.9. The van der Waals surface area contributed by atoms with Gasteiger partial charge in [0.05, 0.1) is 40.3 Å². The summed E-state index contributed by atoms with van der Waals surface area (Å²) in [4.78, 5) is 30.6. The second-order valence-corrected chi connectivity index (χ2v) is 12.0. The standard InChI is InChI=1S/C26H39NO6S/c1-14-9-8-10-26(7)24(33-26)22(15(2)11-18-13-34-17(4)27-18)32-20(29)12-19(28)25(5,6)23(31)16(3)21(14)30/h11,13-14,16,19,21-22,24,28,30H,8-10,12H2,1-7H3. The number of ether oxygens (including phenoxy) is 2. The molecule has 0 radical (unpaired) electrons. The molecule has 1 aromatic rings. The van der Waals surface area contributed by atoms with E-state index in [2.05, 4.69) is 4.98 Å². The molecule has 0 bridgehead atoms. The highest BCUT2D eigenvalue weighted by molar-refractivity contribution is 7.09. The van der Waals surface area contributed by atoms with E-state index >= 15 is 0 Å². The first kappa shape index (κ1) is 27.0. The molecule has 3 rings (SSSR count). The normalized spacial score (nSPS) is 37.9. The van der Waals surface area contributed by atoms with Crippen molar-refractivity contribution in [3.05, 3.63) is 21.7 Å². The molecule has 0 aromatic carbocycles. The minimum atomic E-state index is -1.24. The van der Waals surface area contributed by atoms with E-state index in [4.69, 9.17) is 9.47 Å². The van der Waals surface area contributed by atoms with Gasteiger partial charge in [-0.15, -0.1) is 11.3 Å². The summed E-state index contributed by atoms with van der Waals surface area (Å²) in [5.74, 6) is -1.58. The molecule has 0 aliphatic carbocycles. The van der Waals surface area contributed by atoms with Crippen LogP contribution in [0.4, 0.5) is 0 Å². The molecular weight excluding hydrogens is 454 g/mol. The summed E-state index contributed by atoms with van der Waals surface area (Å²) in [6.45, 7) is 12.7. The van der Waals surface area contributed by atoms with Gasteiger partial charge in [0.15, 0.2) is 6.10 Å². The number of epoxide rings is 1. The zero-order chi connectivity index (χ0) is 25.4. The fourth-order valence-electron chi connectivity index (χ4n) is 4.94. The number of thiazole rings is 1. The molecule has 0 spiro atoms. The molecule has 0 saturated carbocycles. The van der Waals surface area contributed by atoms with Gasteiger partial charge in [-0.25, -0.2) is 4.98 Å². The molecule has 1 aromatic heterocycles. The maximum Gasteiger partial charge on any atom is 0.309 e.